The molecule has 0 amide bonds. The Hall–Kier alpha value is -2.10. The summed E-state index contributed by atoms with van der Waals surface area (Å²) in [7, 11) is 1.84. The normalized spacial score (nSPS) is 9.79. The van der Waals surface area contributed by atoms with Crippen LogP contribution in [0.2, 0.25) is 0 Å². The number of nitrogens with zero attached hydrogens (tertiary/aromatic N) is 5. The second kappa shape index (κ2) is 8.08. The third-order valence-corrected chi connectivity index (χ3v) is 2.27. The van der Waals surface area contributed by atoms with Gasteiger partial charge in [-0.15, -0.1) is 0 Å². The smallest absolute Gasteiger partial charge is 0.323 e. The summed E-state index contributed by atoms with van der Waals surface area (Å²) in [5, 5.41) is 11.6. The molecule has 7 heteroatoms. The van der Waals surface area contributed by atoms with E-state index in [4.69, 9.17) is 10.00 Å². The molecule has 1 heterocycles. The van der Waals surface area contributed by atoms with Crippen molar-refractivity contribution < 1.29 is 4.74 Å². The zero-order valence-corrected chi connectivity index (χ0v) is 11.7. The molecule has 19 heavy (non-hydrogen) atoms. The molecule has 0 atom stereocenters. The van der Waals surface area contributed by atoms with E-state index in [1.807, 2.05) is 25.8 Å². The Bertz CT molecular complexity index is 431. The van der Waals surface area contributed by atoms with E-state index in [0.29, 0.717) is 37.5 Å². The number of nitriles is 1. The third-order valence-electron chi connectivity index (χ3n) is 2.27. The molecule has 104 valence electrons. The molecule has 0 aromatic carbocycles. The van der Waals surface area contributed by atoms with Crippen molar-refractivity contribution in [2.24, 2.45) is 0 Å². The van der Waals surface area contributed by atoms with Gasteiger partial charge in [-0.1, -0.05) is 6.92 Å². The maximum absolute atomic E-state index is 8.60. The van der Waals surface area contributed by atoms with Gasteiger partial charge in [0.25, 0.3) is 0 Å². The van der Waals surface area contributed by atoms with E-state index in [1.54, 1.807) is 0 Å². The molecule has 0 aliphatic rings. The van der Waals surface area contributed by atoms with Crippen LogP contribution in [-0.2, 0) is 0 Å². The van der Waals surface area contributed by atoms with Crippen LogP contribution in [0.25, 0.3) is 0 Å². The van der Waals surface area contributed by atoms with Gasteiger partial charge in [-0.2, -0.15) is 20.2 Å². The summed E-state index contributed by atoms with van der Waals surface area (Å²) in [6.45, 7) is 5.84. The molecule has 0 radical (unpaired) electrons. The van der Waals surface area contributed by atoms with E-state index in [2.05, 4.69) is 26.3 Å². The van der Waals surface area contributed by atoms with Gasteiger partial charge in [0.1, 0.15) is 0 Å². The Morgan fingerprint density at radius 2 is 2.11 bits per heavy atom. The van der Waals surface area contributed by atoms with E-state index in [9.17, 15) is 0 Å². The van der Waals surface area contributed by atoms with Crippen molar-refractivity contribution in [1.82, 2.24) is 15.0 Å². The Kier molecular flexibility index (Phi) is 6.36. The SMILES string of the molecule is CCCOc1nc(NCC)nc(N(C)CCC#N)n1. The van der Waals surface area contributed by atoms with Crippen LogP contribution in [0.3, 0.4) is 0 Å². The summed E-state index contributed by atoms with van der Waals surface area (Å²) in [5.74, 6) is 0.995. The lowest BCUT2D eigenvalue weighted by molar-refractivity contribution is 0.292. The van der Waals surface area contributed by atoms with Crippen molar-refractivity contribution in [1.29, 1.82) is 5.26 Å². The number of hydrogen-bond donors (Lipinski definition) is 1. The van der Waals surface area contributed by atoms with E-state index >= 15 is 0 Å². The summed E-state index contributed by atoms with van der Waals surface area (Å²) < 4.78 is 5.44. The van der Waals surface area contributed by atoms with Crippen LogP contribution in [0.15, 0.2) is 0 Å². The molecular weight excluding hydrogens is 244 g/mol. The van der Waals surface area contributed by atoms with Gasteiger partial charge < -0.3 is 15.0 Å². The summed E-state index contributed by atoms with van der Waals surface area (Å²) in [6, 6.07) is 2.41. The molecule has 7 nitrogen and oxygen atoms in total. The van der Waals surface area contributed by atoms with Crippen molar-refractivity contribution in [3.63, 3.8) is 0 Å². The molecular formula is C12H20N6O. The van der Waals surface area contributed by atoms with Gasteiger partial charge >= 0.3 is 6.01 Å². The second-order valence-corrected chi connectivity index (χ2v) is 3.95. The topological polar surface area (TPSA) is 87.0 Å². The maximum Gasteiger partial charge on any atom is 0.323 e. The average Bonchev–Trinajstić information content (AvgIpc) is 2.42. The summed E-state index contributed by atoms with van der Waals surface area (Å²) in [4.78, 5) is 14.5. The highest BCUT2D eigenvalue weighted by Gasteiger charge is 2.10. The Labute approximate surface area is 113 Å². The third kappa shape index (κ3) is 4.95. The second-order valence-electron chi connectivity index (χ2n) is 3.95. The van der Waals surface area contributed by atoms with Gasteiger partial charge in [-0.05, 0) is 13.3 Å². The zero-order chi connectivity index (χ0) is 14.1. The van der Waals surface area contributed by atoms with Crippen LogP contribution < -0.4 is 15.0 Å². The van der Waals surface area contributed by atoms with Crippen LogP contribution in [0.1, 0.15) is 26.7 Å². The number of anilines is 2. The Morgan fingerprint density at radius 1 is 1.32 bits per heavy atom. The largest absolute Gasteiger partial charge is 0.463 e. The predicted molar refractivity (Wildman–Crippen MR) is 73.3 cm³/mol. The van der Waals surface area contributed by atoms with Gasteiger partial charge in [0.2, 0.25) is 11.9 Å². The van der Waals surface area contributed by atoms with Gasteiger partial charge in [-0.3, -0.25) is 0 Å². The minimum Gasteiger partial charge on any atom is -0.463 e. The first-order valence-corrected chi connectivity index (χ1v) is 6.42. The minimum atomic E-state index is 0.312. The molecule has 0 spiro atoms. The predicted octanol–water partition coefficient (Wildman–Crippen LogP) is 1.44. The maximum atomic E-state index is 8.60. The first-order chi connectivity index (χ1) is 9.21. The molecule has 0 unspecified atom stereocenters. The van der Waals surface area contributed by atoms with Crippen molar-refractivity contribution >= 4 is 11.9 Å². The summed E-state index contributed by atoms with van der Waals surface area (Å²) >= 11 is 0. The number of aromatic nitrogens is 3. The Balaban J connectivity index is 2.88. The number of rotatable bonds is 8. The van der Waals surface area contributed by atoms with Gasteiger partial charge in [-0.25, -0.2) is 0 Å². The summed E-state index contributed by atoms with van der Waals surface area (Å²) in [5.41, 5.74) is 0. The molecule has 0 aliphatic carbocycles. The van der Waals surface area contributed by atoms with Crippen molar-refractivity contribution in [2.75, 3.05) is 37.0 Å². The standard InChI is InChI=1S/C12H20N6O/c1-4-9-19-12-16-10(14-5-2)15-11(17-12)18(3)8-6-7-13/h4-6,8-9H2,1-3H3,(H,14,15,16,17). The highest BCUT2D eigenvalue weighted by atomic mass is 16.5. The first-order valence-electron chi connectivity index (χ1n) is 6.42. The zero-order valence-electron chi connectivity index (χ0n) is 11.7. The highest BCUT2D eigenvalue weighted by molar-refractivity contribution is 5.37. The molecule has 1 aromatic rings. The van der Waals surface area contributed by atoms with E-state index in [0.717, 1.165) is 13.0 Å². The van der Waals surface area contributed by atoms with E-state index < -0.39 is 0 Å². The van der Waals surface area contributed by atoms with Crippen LogP contribution in [0.5, 0.6) is 6.01 Å². The van der Waals surface area contributed by atoms with E-state index in [1.165, 1.54) is 0 Å². The fraction of sp³-hybridized carbons (Fsp3) is 0.667. The number of nitrogens with one attached hydrogen (secondary N) is 1. The monoisotopic (exact) mass is 264 g/mol. The van der Waals surface area contributed by atoms with Gasteiger partial charge in [0.05, 0.1) is 19.1 Å². The fourth-order valence-electron chi connectivity index (χ4n) is 1.33. The average molecular weight is 264 g/mol. The van der Waals surface area contributed by atoms with Gasteiger partial charge in [0.15, 0.2) is 0 Å². The van der Waals surface area contributed by atoms with E-state index in [-0.39, 0.29) is 0 Å². The molecule has 0 saturated carbocycles. The lowest BCUT2D eigenvalue weighted by atomic mass is 10.4. The molecule has 1 rings (SSSR count). The molecule has 0 fully saturated rings. The van der Waals surface area contributed by atoms with Crippen LogP contribution in [0, 0.1) is 11.3 Å². The molecule has 1 aromatic heterocycles. The number of ether oxygens (including phenoxy) is 1. The first kappa shape index (κ1) is 15.0. The van der Waals surface area contributed by atoms with Crippen LogP contribution in [-0.4, -0.2) is 41.7 Å². The Morgan fingerprint density at radius 3 is 2.74 bits per heavy atom. The molecule has 1 N–H and O–H groups in total. The fourth-order valence-corrected chi connectivity index (χ4v) is 1.33. The van der Waals surface area contributed by atoms with Crippen LogP contribution in [0.4, 0.5) is 11.9 Å². The van der Waals surface area contributed by atoms with Crippen molar-refractivity contribution in [2.45, 2.75) is 26.7 Å². The van der Waals surface area contributed by atoms with Gasteiger partial charge in [0, 0.05) is 20.1 Å². The molecule has 0 bridgehead atoms. The summed E-state index contributed by atoms with van der Waals surface area (Å²) in [6.07, 6.45) is 1.31. The molecule has 0 aliphatic heterocycles. The highest BCUT2D eigenvalue weighted by Crippen LogP contribution is 2.14. The number of hydrogen-bond acceptors (Lipinski definition) is 7. The van der Waals surface area contributed by atoms with Crippen molar-refractivity contribution in [3.8, 4) is 12.1 Å². The lowest BCUT2D eigenvalue weighted by Gasteiger charge is -2.16. The molecule has 0 saturated heterocycles. The van der Waals surface area contributed by atoms with Crippen molar-refractivity contribution in [3.05, 3.63) is 0 Å². The lowest BCUT2D eigenvalue weighted by Crippen LogP contribution is -2.22. The van der Waals surface area contributed by atoms with Crippen LogP contribution >= 0.6 is 0 Å². The minimum absolute atomic E-state index is 0.312. The quantitative estimate of drug-likeness (QED) is 0.760.